The smallest absolute Gasteiger partial charge is 0.333 e. The Morgan fingerprint density at radius 3 is 2.33 bits per heavy atom. The van der Waals surface area contributed by atoms with Gasteiger partial charge in [-0.15, -0.1) is 0 Å². The highest BCUT2D eigenvalue weighted by molar-refractivity contribution is 5.87. The summed E-state index contributed by atoms with van der Waals surface area (Å²) >= 11 is 0. The van der Waals surface area contributed by atoms with E-state index in [1.165, 1.54) is 0 Å². The molecule has 24 heavy (non-hydrogen) atoms. The van der Waals surface area contributed by atoms with E-state index in [9.17, 15) is 9.59 Å². The van der Waals surface area contributed by atoms with Gasteiger partial charge in [-0.3, -0.25) is 0 Å². The topological polar surface area (TPSA) is 63.6 Å². The maximum atomic E-state index is 10.7. The molecule has 1 aromatic carbocycles. The molecule has 0 spiro atoms. The lowest BCUT2D eigenvalue weighted by molar-refractivity contribution is -0.139. The fraction of sp³-hybridized carbons (Fsp3) is 0.300. The number of aliphatic carboxylic acids is 1. The summed E-state index contributed by atoms with van der Waals surface area (Å²) in [5, 5.41) is 8.58. The van der Waals surface area contributed by atoms with Crippen molar-refractivity contribution in [2.45, 2.75) is 33.6 Å². The van der Waals surface area contributed by atoms with Gasteiger partial charge in [0.25, 0.3) is 0 Å². The molecular formula is C20H26O4. The van der Waals surface area contributed by atoms with E-state index in [1.807, 2.05) is 36.4 Å². The summed E-state index contributed by atoms with van der Waals surface area (Å²) in [6.45, 7) is 9.24. The van der Waals surface area contributed by atoms with Crippen LogP contribution < -0.4 is 0 Å². The van der Waals surface area contributed by atoms with Crippen LogP contribution in [0.4, 0.5) is 0 Å². The quantitative estimate of drug-likeness (QED) is 0.342. The zero-order valence-corrected chi connectivity index (χ0v) is 14.6. The van der Waals surface area contributed by atoms with Crippen LogP contribution in [0.2, 0.25) is 0 Å². The predicted octanol–water partition coefficient (Wildman–Crippen LogP) is 4.64. The van der Waals surface area contributed by atoms with Crippen molar-refractivity contribution in [3.63, 3.8) is 0 Å². The van der Waals surface area contributed by atoms with Gasteiger partial charge < -0.3 is 9.84 Å². The van der Waals surface area contributed by atoms with E-state index < -0.39 is 5.97 Å². The molecule has 4 nitrogen and oxygen atoms in total. The first-order valence-corrected chi connectivity index (χ1v) is 7.84. The van der Waals surface area contributed by atoms with Crippen LogP contribution >= 0.6 is 0 Å². The van der Waals surface area contributed by atoms with Crippen LogP contribution in [0.1, 0.15) is 39.2 Å². The summed E-state index contributed by atoms with van der Waals surface area (Å²) in [4.78, 5) is 21.1. The Labute approximate surface area is 144 Å². The lowest BCUT2D eigenvalue weighted by Crippen LogP contribution is -2.05. The minimum atomic E-state index is -0.886. The Kier molecular flexibility index (Phi) is 11.5. The molecule has 1 rings (SSSR count). The van der Waals surface area contributed by atoms with Gasteiger partial charge in [0.2, 0.25) is 0 Å². The SMILES string of the molecule is C=C(C)C(=O)OCCCC.CC(=CC=Cc1ccccc1)C(=O)O. The molecule has 0 radical (unpaired) electrons. The average Bonchev–Trinajstić information content (AvgIpc) is 2.56. The van der Waals surface area contributed by atoms with Crippen LogP contribution in [0.5, 0.6) is 0 Å². The first-order valence-electron chi connectivity index (χ1n) is 7.84. The second-order valence-corrected chi connectivity index (χ2v) is 5.19. The van der Waals surface area contributed by atoms with E-state index in [2.05, 4.69) is 13.5 Å². The Balaban J connectivity index is 0.000000470. The van der Waals surface area contributed by atoms with E-state index in [0.717, 1.165) is 18.4 Å². The van der Waals surface area contributed by atoms with Crippen molar-refractivity contribution in [2.24, 2.45) is 0 Å². The number of carboxylic acid groups (broad SMARTS) is 1. The summed E-state index contributed by atoms with van der Waals surface area (Å²) in [6, 6.07) is 9.73. The predicted molar refractivity (Wildman–Crippen MR) is 97.5 cm³/mol. The van der Waals surface area contributed by atoms with Crippen LogP contribution in [0.15, 0.2) is 60.2 Å². The summed E-state index contributed by atoms with van der Waals surface area (Å²) in [7, 11) is 0. The summed E-state index contributed by atoms with van der Waals surface area (Å²) in [5.41, 5.74) is 1.86. The molecule has 0 aromatic heterocycles. The second-order valence-electron chi connectivity index (χ2n) is 5.19. The van der Waals surface area contributed by atoms with Gasteiger partial charge in [-0.2, -0.15) is 0 Å². The number of rotatable bonds is 7. The Bertz CT molecular complexity index is 583. The number of esters is 1. The molecule has 0 amide bonds. The third-order valence-corrected chi connectivity index (χ3v) is 2.85. The van der Waals surface area contributed by atoms with Gasteiger partial charge >= 0.3 is 11.9 Å². The Hall–Kier alpha value is -2.62. The van der Waals surface area contributed by atoms with E-state index in [4.69, 9.17) is 9.84 Å². The molecule has 0 fully saturated rings. The van der Waals surface area contributed by atoms with Crippen molar-refractivity contribution in [2.75, 3.05) is 6.61 Å². The van der Waals surface area contributed by atoms with E-state index in [0.29, 0.717) is 17.8 Å². The van der Waals surface area contributed by atoms with Crippen molar-refractivity contribution in [3.05, 3.63) is 65.8 Å². The first-order chi connectivity index (χ1) is 11.4. The second kappa shape index (κ2) is 12.9. The number of allylic oxidation sites excluding steroid dienone is 2. The number of hydrogen-bond acceptors (Lipinski definition) is 3. The van der Waals surface area contributed by atoms with Crippen molar-refractivity contribution >= 4 is 18.0 Å². The molecule has 130 valence electrons. The molecule has 0 saturated heterocycles. The highest BCUT2D eigenvalue weighted by Crippen LogP contribution is 2.02. The fourth-order valence-electron chi connectivity index (χ4n) is 1.37. The number of carbonyl (C=O) groups excluding carboxylic acids is 1. The first kappa shape index (κ1) is 21.4. The average molecular weight is 330 g/mol. The zero-order chi connectivity index (χ0) is 18.4. The minimum absolute atomic E-state index is 0.284. The van der Waals surface area contributed by atoms with Crippen LogP contribution in [-0.4, -0.2) is 23.7 Å². The Morgan fingerprint density at radius 2 is 1.83 bits per heavy atom. The summed E-state index contributed by atoms with van der Waals surface area (Å²) in [6.07, 6.45) is 7.16. The third kappa shape index (κ3) is 11.0. The molecule has 0 bridgehead atoms. The molecule has 0 saturated carbocycles. The van der Waals surface area contributed by atoms with Crippen molar-refractivity contribution in [1.29, 1.82) is 0 Å². The fourth-order valence-corrected chi connectivity index (χ4v) is 1.37. The number of hydrogen-bond donors (Lipinski definition) is 1. The van der Waals surface area contributed by atoms with Crippen molar-refractivity contribution < 1.29 is 19.4 Å². The lowest BCUT2D eigenvalue weighted by Gasteiger charge is -2.01. The normalized spacial score (nSPS) is 10.7. The molecule has 0 aliphatic rings. The molecule has 1 aromatic rings. The van der Waals surface area contributed by atoms with Crippen LogP contribution in [0.3, 0.4) is 0 Å². The number of carboxylic acids is 1. The standard InChI is InChI=1S/C12H12O2.C8H14O2/c1-10(12(13)14)6-5-9-11-7-3-2-4-8-11;1-4-5-6-10-8(9)7(2)3/h2-9H,1H3,(H,13,14);2,4-6H2,1,3H3. The molecule has 0 heterocycles. The number of benzene rings is 1. The molecule has 1 N–H and O–H groups in total. The minimum Gasteiger partial charge on any atom is -0.478 e. The third-order valence-electron chi connectivity index (χ3n) is 2.85. The van der Waals surface area contributed by atoms with E-state index >= 15 is 0 Å². The lowest BCUT2D eigenvalue weighted by atomic mass is 10.2. The monoisotopic (exact) mass is 330 g/mol. The van der Waals surface area contributed by atoms with Gasteiger partial charge in [-0.05, 0) is 25.8 Å². The largest absolute Gasteiger partial charge is 0.478 e. The van der Waals surface area contributed by atoms with Crippen LogP contribution in [0.25, 0.3) is 6.08 Å². The molecule has 0 aliphatic carbocycles. The van der Waals surface area contributed by atoms with Gasteiger partial charge in [0.05, 0.1) is 6.61 Å². The van der Waals surface area contributed by atoms with Crippen LogP contribution in [-0.2, 0) is 14.3 Å². The molecule has 0 aliphatic heterocycles. The number of carbonyl (C=O) groups is 2. The van der Waals surface area contributed by atoms with E-state index in [1.54, 1.807) is 26.0 Å². The van der Waals surface area contributed by atoms with Gasteiger partial charge in [0, 0.05) is 11.1 Å². The molecule has 0 atom stereocenters. The zero-order valence-electron chi connectivity index (χ0n) is 14.6. The van der Waals surface area contributed by atoms with E-state index in [-0.39, 0.29) is 5.97 Å². The van der Waals surface area contributed by atoms with Crippen molar-refractivity contribution in [1.82, 2.24) is 0 Å². The maximum absolute atomic E-state index is 10.7. The number of unbranched alkanes of at least 4 members (excludes halogenated alkanes) is 1. The van der Waals surface area contributed by atoms with Gasteiger partial charge in [0.15, 0.2) is 0 Å². The highest BCUT2D eigenvalue weighted by atomic mass is 16.5. The summed E-state index contributed by atoms with van der Waals surface area (Å²) in [5.74, 6) is -1.17. The molecule has 0 unspecified atom stereocenters. The Morgan fingerprint density at radius 1 is 1.21 bits per heavy atom. The van der Waals surface area contributed by atoms with Crippen molar-refractivity contribution in [3.8, 4) is 0 Å². The maximum Gasteiger partial charge on any atom is 0.333 e. The molecule has 4 heteroatoms. The highest BCUT2D eigenvalue weighted by Gasteiger charge is 2.00. The summed E-state index contributed by atoms with van der Waals surface area (Å²) < 4.78 is 4.81. The van der Waals surface area contributed by atoms with Gasteiger partial charge in [0.1, 0.15) is 0 Å². The number of ether oxygens (including phenoxy) is 1. The van der Waals surface area contributed by atoms with Gasteiger partial charge in [-0.25, -0.2) is 9.59 Å². The van der Waals surface area contributed by atoms with Gasteiger partial charge in [-0.1, -0.05) is 68.5 Å². The van der Waals surface area contributed by atoms with Crippen LogP contribution in [0, 0.1) is 0 Å². The molecular weight excluding hydrogens is 304 g/mol.